The van der Waals surface area contributed by atoms with E-state index in [0.29, 0.717) is 0 Å². The van der Waals surface area contributed by atoms with Crippen LogP contribution in [0.5, 0.6) is 0 Å². The molecule has 14 heavy (non-hydrogen) atoms. The van der Waals surface area contributed by atoms with Crippen molar-refractivity contribution in [3.05, 3.63) is 27.7 Å². The molecule has 1 aliphatic rings. The Hall–Kier alpha value is -0.500. The largest absolute Gasteiger partial charge is 0.371 e. The standard InChI is InChI=1S/C12H16BrN/c1-8-6-14(7-8)11-4-9(2)12(13)10(3)5-11/h4-5,8H,6-7H2,1-3H3. The number of aryl methyl sites for hydroxylation is 2. The van der Waals surface area contributed by atoms with Gasteiger partial charge in [0.1, 0.15) is 0 Å². The molecule has 0 atom stereocenters. The van der Waals surface area contributed by atoms with Crippen molar-refractivity contribution in [2.24, 2.45) is 5.92 Å². The van der Waals surface area contributed by atoms with Crippen LogP contribution in [0.4, 0.5) is 5.69 Å². The molecule has 1 saturated heterocycles. The lowest BCUT2D eigenvalue weighted by Crippen LogP contribution is -2.45. The molecule has 0 saturated carbocycles. The van der Waals surface area contributed by atoms with E-state index < -0.39 is 0 Å². The van der Waals surface area contributed by atoms with Crippen LogP contribution in [-0.2, 0) is 0 Å². The fourth-order valence-electron chi connectivity index (χ4n) is 2.02. The highest BCUT2D eigenvalue weighted by Gasteiger charge is 2.23. The van der Waals surface area contributed by atoms with Crippen LogP contribution in [-0.4, -0.2) is 13.1 Å². The third-order valence-corrected chi connectivity index (χ3v) is 4.10. The van der Waals surface area contributed by atoms with Crippen LogP contribution in [0, 0.1) is 19.8 Å². The third kappa shape index (κ3) is 1.68. The highest BCUT2D eigenvalue weighted by atomic mass is 79.9. The number of benzene rings is 1. The molecule has 1 aliphatic heterocycles. The Kier molecular flexibility index (Phi) is 2.56. The normalized spacial score (nSPS) is 17.0. The maximum atomic E-state index is 3.60. The van der Waals surface area contributed by atoms with Gasteiger partial charge in [-0.15, -0.1) is 0 Å². The predicted molar refractivity (Wildman–Crippen MR) is 65.0 cm³/mol. The highest BCUT2D eigenvalue weighted by Crippen LogP contribution is 2.30. The number of halogens is 1. The summed E-state index contributed by atoms with van der Waals surface area (Å²) in [5.74, 6) is 0.860. The number of hydrogen-bond acceptors (Lipinski definition) is 1. The lowest BCUT2D eigenvalue weighted by Gasteiger charge is -2.39. The zero-order valence-electron chi connectivity index (χ0n) is 8.97. The van der Waals surface area contributed by atoms with Gasteiger partial charge in [0.25, 0.3) is 0 Å². The van der Waals surface area contributed by atoms with E-state index in [9.17, 15) is 0 Å². The lowest BCUT2D eigenvalue weighted by atomic mass is 10.0. The van der Waals surface area contributed by atoms with Crippen LogP contribution in [0.1, 0.15) is 18.1 Å². The van der Waals surface area contributed by atoms with Crippen LogP contribution >= 0.6 is 15.9 Å². The van der Waals surface area contributed by atoms with Gasteiger partial charge in [0.15, 0.2) is 0 Å². The average molecular weight is 254 g/mol. The summed E-state index contributed by atoms with van der Waals surface area (Å²) in [6.07, 6.45) is 0. The first kappa shape index (κ1) is 10.0. The molecule has 0 amide bonds. The minimum atomic E-state index is 0.860. The zero-order valence-corrected chi connectivity index (χ0v) is 10.6. The van der Waals surface area contributed by atoms with Crippen molar-refractivity contribution < 1.29 is 0 Å². The van der Waals surface area contributed by atoms with Crippen LogP contribution in [0.3, 0.4) is 0 Å². The maximum Gasteiger partial charge on any atom is 0.0372 e. The molecule has 0 unspecified atom stereocenters. The van der Waals surface area contributed by atoms with E-state index in [2.05, 4.69) is 53.7 Å². The second-order valence-electron chi connectivity index (χ2n) is 4.40. The minimum Gasteiger partial charge on any atom is -0.371 e. The van der Waals surface area contributed by atoms with Crippen LogP contribution in [0.2, 0.25) is 0 Å². The molecule has 1 heterocycles. The Balaban J connectivity index is 2.27. The SMILES string of the molecule is Cc1cc(N2CC(C)C2)cc(C)c1Br. The van der Waals surface area contributed by atoms with Crippen LogP contribution in [0.15, 0.2) is 16.6 Å². The van der Waals surface area contributed by atoms with E-state index in [1.54, 1.807) is 0 Å². The number of rotatable bonds is 1. The van der Waals surface area contributed by atoms with Crippen LogP contribution in [0.25, 0.3) is 0 Å². The molecule has 1 aromatic carbocycles. The molecule has 0 aliphatic carbocycles. The summed E-state index contributed by atoms with van der Waals surface area (Å²) in [5.41, 5.74) is 4.04. The molecule has 0 bridgehead atoms. The number of anilines is 1. The Morgan fingerprint density at radius 3 is 2.14 bits per heavy atom. The lowest BCUT2D eigenvalue weighted by molar-refractivity contribution is 0.447. The van der Waals surface area contributed by atoms with Gasteiger partial charge in [0.05, 0.1) is 0 Å². The summed E-state index contributed by atoms with van der Waals surface area (Å²) in [7, 11) is 0. The fourth-order valence-corrected chi connectivity index (χ4v) is 2.24. The van der Waals surface area contributed by atoms with Crippen molar-refractivity contribution in [1.82, 2.24) is 0 Å². The summed E-state index contributed by atoms with van der Waals surface area (Å²) < 4.78 is 1.25. The van der Waals surface area contributed by atoms with Gasteiger partial charge >= 0.3 is 0 Å². The molecule has 2 rings (SSSR count). The molecule has 76 valence electrons. The van der Waals surface area contributed by atoms with Gasteiger partial charge in [-0.3, -0.25) is 0 Å². The van der Waals surface area contributed by atoms with Gasteiger partial charge in [-0.1, -0.05) is 22.9 Å². The van der Waals surface area contributed by atoms with Gasteiger partial charge in [0, 0.05) is 23.2 Å². The van der Waals surface area contributed by atoms with E-state index >= 15 is 0 Å². The van der Waals surface area contributed by atoms with E-state index in [1.165, 1.54) is 34.4 Å². The molecule has 0 spiro atoms. The van der Waals surface area contributed by atoms with Gasteiger partial charge in [-0.25, -0.2) is 0 Å². The molecule has 1 nitrogen and oxygen atoms in total. The second kappa shape index (κ2) is 3.58. The summed E-state index contributed by atoms with van der Waals surface area (Å²) in [4.78, 5) is 2.44. The molecule has 0 aromatic heterocycles. The molecule has 2 heteroatoms. The van der Waals surface area contributed by atoms with Crippen molar-refractivity contribution in [2.45, 2.75) is 20.8 Å². The summed E-state index contributed by atoms with van der Waals surface area (Å²) in [6, 6.07) is 4.53. The minimum absolute atomic E-state index is 0.860. The van der Waals surface area contributed by atoms with Gasteiger partial charge in [-0.2, -0.15) is 0 Å². The van der Waals surface area contributed by atoms with Crippen molar-refractivity contribution in [3.63, 3.8) is 0 Å². The Bertz CT molecular complexity index is 330. The molecule has 0 N–H and O–H groups in total. The summed E-state index contributed by atoms with van der Waals surface area (Å²) in [6.45, 7) is 9.03. The van der Waals surface area contributed by atoms with E-state index in [1.807, 2.05) is 0 Å². The fraction of sp³-hybridized carbons (Fsp3) is 0.500. The highest BCUT2D eigenvalue weighted by molar-refractivity contribution is 9.10. The number of hydrogen-bond donors (Lipinski definition) is 0. The molecular formula is C12H16BrN. The van der Waals surface area contributed by atoms with Crippen molar-refractivity contribution in [1.29, 1.82) is 0 Å². The summed E-state index contributed by atoms with van der Waals surface area (Å²) >= 11 is 3.60. The van der Waals surface area contributed by atoms with Crippen LogP contribution < -0.4 is 4.90 Å². The van der Waals surface area contributed by atoms with E-state index in [0.717, 1.165) is 5.92 Å². The molecule has 0 radical (unpaired) electrons. The number of nitrogens with zero attached hydrogens (tertiary/aromatic N) is 1. The van der Waals surface area contributed by atoms with E-state index in [4.69, 9.17) is 0 Å². The first-order chi connectivity index (χ1) is 6.58. The monoisotopic (exact) mass is 253 g/mol. The van der Waals surface area contributed by atoms with Gasteiger partial charge in [0.2, 0.25) is 0 Å². The zero-order chi connectivity index (χ0) is 10.3. The molecule has 1 aromatic rings. The average Bonchev–Trinajstić information content (AvgIpc) is 2.08. The van der Waals surface area contributed by atoms with Gasteiger partial charge < -0.3 is 4.90 Å². The van der Waals surface area contributed by atoms with Gasteiger partial charge in [-0.05, 0) is 43.0 Å². The van der Waals surface area contributed by atoms with Crippen molar-refractivity contribution in [2.75, 3.05) is 18.0 Å². The maximum absolute atomic E-state index is 3.60. The van der Waals surface area contributed by atoms with E-state index in [-0.39, 0.29) is 0 Å². The Morgan fingerprint density at radius 1 is 1.21 bits per heavy atom. The second-order valence-corrected chi connectivity index (χ2v) is 5.20. The smallest absolute Gasteiger partial charge is 0.0372 e. The topological polar surface area (TPSA) is 3.24 Å². The first-order valence-electron chi connectivity index (χ1n) is 5.09. The first-order valence-corrected chi connectivity index (χ1v) is 5.89. The predicted octanol–water partition coefficient (Wildman–Crippen LogP) is 3.52. The molecule has 1 fully saturated rings. The van der Waals surface area contributed by atoms with Crippen molar-refractivity contribution in [3.8, 4) is 0 Å². The molecular weight excluding hydrogens is 238 g/mol. The van der Waals surface area contributed by atoms with Crippen molar-refractivity contribution >= 4 is 21.6 Å². The third-order valence-electron chi connectivity index (χ3n) is 2.85. The summed E-state index contributed by atoms with van der Waals surface area (Å²) in [5, 5.41) is 0. The quantitative estimate of drug-likeness (QED) is 0.741. The Morgan fingerprint density at radius 2 is 1.71 bits per heavy atom. The Labute approximate surface area is 94.2 Å².